The Kier molecular flexibility index (Phi) is 5.25. The minimum atomic E-state index is -3.71. The minimum absolute atomic E-state index is 0.0542. The molecule has 1 aliphatic rings. The zero-order valence-electron chi connectivity index (χ0n) is 12.0. The molecule has 2 rings (SSSR count). The van der Waals surface area contributed by atoms with E-state index in [-0.39, 0.29) is 15.7 Å². The molecule has 1 saturated heterocycles. The summed E-state index contributed by atoms with van der Waals surface area (Å²) in [7, 11) is -6.79. The third kappa shape index (κ3) is 4.51. The number of aryl methyl sites for hydroxylation is 1. The number of carbonyl (C=O) groups is 1. The maximum atomic E-state index is 12.0. The fourth-order valence-electron chi connectivity index (χ4n) is 2.11. The highest BCUT2D eigenvalue weighted by Crippen LogP contribution is 2.21. The van der Waals surface area contributed by atoms with E-state index >= 15 is 0 Å². The van der Waals surface area contributed by atoms with Crippen LogP contribution in [0.15, 0.2) is 16.3 Å². The number of thiophene rings is 1. The van der Waals surface area contributed by atoms with Crippen LogP contribution in [0.4, 0.5) is 0 Å². The van der Waals surface area contributed by atoms with Crippen LogP contribution < -0.4 is 10.0 Å². The third-order valence-corrected chi connectivity index (χ3v) is 8.16. The monoisotopic (exact) mass is 366 g/mol. The number of hydrogen-bond donors (Lipinski definition) is 2. The zero-order valence-corrected chi connectivity index (χ0v) is 14.5. The van der Waals surface area contributed by atoms with Crippen LogP contribution in [0.5, 0.6) is 0 Å². The van der Waals surface area contributed by atoms with Crippen LogP contribution in [0.1, 0.15) is 18.2 Å². The van der Waals surface area contributed by atoms with Gasteiger partial charge in [-0.25, -0.2) is 21.6 Å². The first-order valence-corrected chi connectivity index (χ1v) is 10.9. The normalized spacial score (nSPS) is 20.9. The van der Waals surface area contributed by atoms with E-state index in [2.05, 4.69) is 10.0 Å². The molecule has 1 aliphatic heterocycles. The molecule has 2 N–H and O–H groups in total. The van der Waals surface area contributed by atoms with Gasteiger partial charge in [-0.3, -0.25) is 4.79 Å². The van der Waals surface area contributed by atoms with Crippen LogP contribution >= 0.6 is 11.3 Å². The number of sulfonamides is 1. The smallest absolute Gasteiger partial charge is 0.250 e. The van der Waals surface area contributed by atoms with Gasteiger partial charge in [0.1, 0.15) is 4.21 Å². The van der Waals surface area contributed by atoms with Crippen LogP contribution in [0.25, 0.3) is 0 Å². The van der Waals surface area contributed by atoms with Gasteiger partial charge in [0.2, 0.25) is 5.91 Å². The summed E-state index contributed by atoms with van der Waals surface area (Å²) >= 11 is 1.16. The number of sulfone groups is 1. The molecule has 0 bridgehead atoms. The summed E-state index contributed by atoms with van der Waals surface area (Å²) < 4.78 is 49.0. The molecule has 1 aromatic heterocycles. The summed E-state index contributed by atoms with van der Waals surface area (Å²) in [5.74, 6) is -0.562. The lowest BCUT2D eigenvalue weighted by molar-refractivity contribution is -0.120. The van der Waals surface area contributed by atoms with Gasteiger partial charge in [-0.2, -0.15) is 0 Å². The lowest BCUT2D eigenvalue weighted by Gasteiger charge is -2.11. The zero-order chi connectivity index (χ0) is 16.4. The highest BCUT2D eigenvalue weighted by atomic mass is 32.2. The highest BCUT2D eigenvalue weighted by Gasteiger charge is 2.29. The summed E-state index contributed by atoms with van der Waals surface area (Å²) in [6.45, 7) is 1.52. The summed E-state index contributed by atoms with van der Waals surface area (Å²) in [5.41, 5.74) is 0. The van der Waals surface area contributed by atoms with Crippen molar-refractivity contribution in [3.63, 3.8) is 0 Å². The Morgan fingerprint density at radius 1 is 1.41 bits per heavy atom. The number of rotatable bonds is 6. The van der Waals surface area contributed by atoms with Crippen molar-refractivity contribution in [1.29, 1.82) is 0 Å². The molecule has 0 saturated carbocycles. The van der Waals surface area contributed by atoms with Gasteiger partial charge in [0.25, 0.3) is 10.0 Å². The Balaban J connectivity index is 1.88. The standard InChI is InChI=1S/C12H18N2O5S3/c1-2-10-3-4-12(20-10)22(18,19)13-7-11(15)14-9-5-6-21(16,17)8-9/h3-4,9,13H,2,5-8H2,1H3,(H,14,15). The maximum Gasteiger partial charge on any atom is 0.250 e. The lowest BCUT2D eigenvalue weighted by atomic mass is 10.2. The van der Waals surface area contributed by atoms with E-state index in [4.69, 9.17) is 0 Å². The average molecular weight is 366 g/mol. The van der Waals surface area contributed by atoms with E-state index in [0.29, 0.717) is 6.42 Å². The second kappa shape index (κ2) is 6.65. The Hall–Kier alpha value is -0.970. The van der Waals surface area contributed by atoms with E-state index in [1.165, 1.54) is 6.07 Å². The largest absolute Gasteiger partial charge is 0.351 e. The molecule has 1 fully saturated rings. The van der Waals surface area contributed by atoms with Gasteiger partial charge < -0.3 is 5.32 Å². The molecule has 0 radical (unpaired) electrons. The molecule has 0 aromatic carbocycles. The van der Waals surface area contributed by atoms with E-state index in [9.17, 15) is 21.6 Å². The van der Waals surface area contributed by atoms with Crippen molar-refractivity contribution in [2.75, 3.05) is 18.1 Å². The van der Waals surface area contributed by atoms with E-state index in [0.717, 1.165) is 22.6 Å². The Bertz CT molecular complexity index is 751. The summed E-state index contributed by atoms with van der Waals surface area (Å²) in [5, 5.41) is 2.53. The van der Waals surface area contributed by atoms with Crippen molar-refractivity contribution in [3.05, 3.63) is 17.0 Å². The van der Waals surface area contributed by atoms with Gasteiger partial charge >= 0.3 is 0 Å². The highest BCUT2D eigenvalue weighted by molar-refractivity contribution is 7.92. The molecule has 10 heteroatoms. The van der Waals surface area contributed by atoms with E-state index < -0.39 is 38.4 Å². The van der Waals surface area contributed by atoms with Gasteiger partial charge in [0.15, 0.2) is 9.84 Å². The van der Waals surface area contributed by atoms with Crippen molar-refractivity contribution >= 4 is 37.1 Å². The molecule has 7 nitrogen and oxygen atoms in total. The van der Waals surface area contributed by atoms with Crippen molar-refractivity contribution in [2.45, 2.75) is 30.0 Å². The van der Waals surface area contributed by atoms with Gasteiger partial charge in [0.05, 0.1) is 18.1 Å². The summed E-state index contributed by atoms with van der Waals surface area (Å²) in [6.07, 6.45) is 1.11. The molecule has 124 valence electrons. The second-order valence-electron chi connectivity index (χ2n) is 5.07. The first kappa shape index (κ1) is 17.4. The summed E-state index contributed by atoms with van der Waals surface area (Å²) in [4.78, 5) is 12.7. The Morgan fingerprint density at radius 3 is 2.68 bits per heavy atom. The van der Waals surface area contributed by atoms with E-state index in [1.54, 1.807) is 6.07 Å². The van der Waals surface area contributed by atoms with Crippen LogP contribution in [-0.4, -0.2) is 46.8 Å². The number of carbonyl (C=O) groups excluding carboxylic acids is 1. The summed E-state index contributed by atoms with van der Waals surface area (Å²) in [6, 6.07) is 2.81. The predicted octanol–water partition coefficient (Wildman–Crippen LogP) is -0.108. The van der Waals surface area contributed by atoms with Crippen LogP contribution in [0.2, 0.25) is 0 Å². The van der Waals surface area contributed by atoms with Crippen molar-refractivity contribution in [3.8, 4) is 0 Å². The Morgan fingerprint density at radius 2 is 2.14 bits per heavy atom. The molecule has 2 heterocycles. The number of nitrogens with one attached hydrogen (secondary N) is 2. The average Bonchev–Trinajstić information content (AvgIpc) is 3.03. The van der Waals surface area contributed by atoms with Crippen molar-refractivity contribution in [2.24, 2.45) is 0 Å². The molecule has 22 heavy (non-hydrogen) atoms. The molecular formula is C12H18N2O5S3. The SMILES string of the molecule is CCc1ccc(S(=O)(=O)NCC(=O)NC2CCS(=O)(=O)C2)s1. The van der Waals surface area contributed by atoms with Crippen molar-refractivity contribution in [1.82, 2.24) is 10.0 Å². The van der Waals surface area contributed by atoms with Crippen molar-refractivity contribution < 1.29 is 21.6 Å². The maximum absolute atomic E-state index is 12.0. The molecular weight excluding hydrogens is 348 g/mol. The minimum Gasteiger partial charge on any atom is -0.351 e. The molecule has 1 aromatic rings. The fourth-order valence-corrected chi connectivity index (χ4v) is 6.11. The number of amides is 1. The molecule has 1 unspecified atom stereocenters. The van der Waals surface area contributed by atoms with Gasteiger partial charge in [-0.05, 0) is 25.0 Å². The van der Waals surface area contributed by atoms with E-state index in [1.807, 2.05) is 6.92 Å². The third-order valence-electron chi connectivity index (χ3n) is 3.27. The fraction of sp³-hybridized carbons (Fsp3) is 0.583. The first-order chi connectivity index (χ1) is 10.2. The molecule has 1 amide bonds. The Labute approximate surface area is 134 Å². The van der Waals surface area contributed by atoms with Crippen LogP contribution in [-0.2, 0) is 31.1 Å². The first-order valence-electron chi connectivity index (χ1n) is 6.80. The van der Waals surface area contributed by atoms with Crippen LogP contribution in [0, 0.1) is 0 Å². The quantitative estimate of drug-likeness (QED) is 0.730. The second-order valence-corrected chi connectivity index (χ2v) is 10.5. The number of hydrogen-bond acceptors (Lipinski definition) is 6. The van der Waals surface area contributed by atoms with Gasteiger partial charge in [-0.1, -0.05) is 6.92 Å². The predicted molar refractivity (Wildman–Crippen MR) is 84.1 cm³/mol. The molecule has 1 atom stereocenters. The van der Waals surface area contributed by atoms with Gasteiger partial charge in [0, 0.05) is 10.9 Å². The molecule has 0 spiro atoms. The van der Waals surface area contributed by atoms with Gasteiger partial charge in [-0.15, -0.1) is 11.3 Å². The topological polar surface area (TPSA) is 109 Å². The molecule has 0 aliphatic carbocycles. The van der Waals surface area contributed by atoms with Crippen LogP contribution in [0.3, 0.4) is 0 Å². The lowest BCUT2D eigenvalue weighted by Crippen LogP contribution is -2.42.